The molecule has 0 saturated heterocycles. The Morgan fingerprint density at radius 1 is 1.43 bits per heavy atom. The van der Waals surface area contributed by atoms with Crippen LogP contribution in [0.4, 0.5) is 8.78 Å². The van der Waals surface area contributed by atoms with E-state index >= 15 is 0 Å². The number of carboxylic acids is 1. The minimum atomic E-state index is -1.04. The molecule has 0 fully saturated rings. The first-order valence-corrected chi connectivity index (χ1v) is 6.96. The van der Waals surface area contributed by atoms with Crippen LogP contribution < -0.4 is 10.1 Å². The largest absolute Gasteiger partial charge is 0.490 e. The third-order valence-electron chi connectivity index (χ3n) is 3.23. The maximum absolute atomic E-state index is 13.4. The van der Waals surface area contributed by atoms with Crippen molar-refractivity contribution in [1.29, 1.82) is 0 Å². The van der Waals surface area contributed by atoms with Crippen LogP contribution in [0.5, 0.6) is 5.75 Å². The van der Waals surface area contributed by atoms with E-state index in [0.29, 0.717) is 19.4 Å². The van der Waals surface area contributed by atoms with Crippen molar-refractivity contribution in [3.63, 3.8) is 0 Å². The van der Waals surface area contributed by atoms with E-state index in [-0.39, 0.29) is 12.4 Å². The fraction of sp³-hybridized carbons (Fsp3) is 0.533. The number of hydrogen-bond acceptors (Lipinski definition) is 3. The number of benzene rings is 1. The first-order chi connectivity index (χ1) is 9.90. The minimum absolute atomic E-state index is 0.122. The lowest BCUT2D eigenvalue weighted by atomic mass is 9.96. The lowest BCUT2D eigenvalue weighted by molar-refractivity contribution is -0.144. The molecule has 1 unspecified atom stereocenters. The van der Waals surface area contributed by atoms with Crippen molar-refractivity contribution in [3.05, 3.63) is 29.8 Å². The van der Waals surface area contributed by atoms with Crippen LogP contribution in [-0.2, 0) is 4.79 Å². The topological polar surface area (TPSA) is 58.6 Å². The summed E-state index contributed by atoms with van der Waals surface area (Å²) in [6.45, 7) is 4.28. The Bertz CT molecular complexity index is 482. The van der Waals surface area contributed by atoms with E-state index in [0.717, 1.165) is 12.5 Å². The maximum atomic E-state index is 13.4. The Balaban J connectivity index is 2.48. The van der Waals surface area contributed by atoms with Crippen molar-refractivity contribution in [3.8, 4) is 5.75 Å². The Morgan fingerprint density at radius 2 is 2.14 bits per heavy atom. The lowest BCUT2D eigenvalue weighted by Gasteiger charge is -2.26. The zero-order valence-corrected chi connectivity index (χ0v) is 12.3. The van der Waals surface area contributed by atoms with Gasteiger partial charge in [-0.25, -0.2) is 4.39 Å². The van der Waals surface area contributed by atoms with E-state index in [1.54, 1.807) is 6.92 Å². The molecule has 0 amide bonds. The molecule has 1 aromatic carbocycles. The molecule has 0 aliphatic heterocycles. The summed E-state index contributed by atoms with van der Waals surface area (Å²) in [6, 6.07) is 3.71. The summed E-state index contributed by atoms with van der Waals surface area (Å²) in [6.07, 6.45) is 1.57. The van der Waals surface area contributed by atoms with E-state index in [4.69, 9.17) is 4.74 Å². The van der Waals surface area contributed by atoms with Crippen LogP contribution in [0.2, 0.25) is 0 Å². The predicted octanol–water partition coefficient (Wildman–Crippen LogP) is 2.97. The zero-order chi connectivity index (χ0) is 15.9. The van der Waals surface area contributed by atoms with Gasteiger partial charge in [-0.05, 0) is 44.9 Å². The van der Waals surface area contributed by atoms with Crippen LogP contribution in [0.15, 0.2) is 18.2 Å². The van der Waals surface area contributed by atoms with Crippen molar-refractivity contribution < 1.29 is 23.4 Å². The summed E-state index contributed by atoms with van der Waals surface area (Å²) in [5.74, 6) is -3.09. The van der Waals surface area contributed by atoms with Gasteiger partial charge in [0.1, 0.15) is 5.54 Å². The van der Waals surface area contributed by atoms with Crippen LogP contribution in [0.25, 0.3) is 0 Å². The number of carbonyl (C=O) groups is 1. The molecule has 6 heteroatoms. The molecule has 2 N–H and O–H groups in total. The molecule has 0 aliphatic rings. The van der Waals surface area contributed by atoms with Gasteiger partial charge in [0.25, 0.3) is 0 Å². The summed E-state index contributed by atoms with van der Waals surface area (Å²) in [7, 11) is 0. The number of carboxylic acid groups (broad SMARTS) is 1. The third kappa shape index (κ3) is 4.97. The van der Waals surface area contributed by atoms with Crippen LogP contribution >= 0.6 is 0 Å². The fourth-order valence-corrected chi connectivity index (χ4v) is 1.88. The molecular weight excluding hydrogens is 280 g/mol. The number of aliphatic carboxylic acids is 1. The quantitative estimate of drug-likeness (QED) is 0.689. The Morgan fingerprint density at radius 3 is 2.76 bits per heavy atom. The average molecular weight is 301 g/mol. The van der Waals surface area contributed by atoms with Crippen molar-refractivity contribution in [1.82, 2.24) is 5.32 Å². The predicted molar refractivity (Wildman–Crippen MR) is 75.4 cm³/mol. The standard InChI is InChI=1S/C15H21F2NO3/c1-3-9-18-15(2,14(19)20)8-5-10-21-12-7-4-6-11(16)13(12)17/h4,6-7,18H,3,5,8-10H2,1-2H3,(H,19,20). The summed E-state index contributed by atoms with van der Waals surface area (Å²) < 4.78 is 31.5. The Hall–Kier alpha value is -1.69. The first-order valence-electron chi connectivity index (χ1n) is 6.96. The normalized spacial score (nSPS) is 13.7. The molecule has 0 heterocycles. The molecule has 0 aliphatic carbocycles. The van der Waals surface area contributed by atoms with Gasteiger partial charge in [-0.2, -0.15) is 4.39 Å². The van der Waals surface area contributed by atoms with Gasteiger partial charge in [0.05, 0.1) is 6.61 Å². The summed E-state index contributed by atoms with van der Waals surface area (Å²) >= 11 is 0. The molecule has 0 spiro atoms. The fourth-order valence-electron chi connectivity index (χ4n) is 1.88. The highest BCUT2D eigenvalue weighted by atomic mass is 19.2. The van der Waals surface area contributed by atoms with Gasteiger partial charge in [-0.3, -0.25) is 4.79 Å². The highest BCUT2D eigenvalue weighted by molar-refractivity contribution is 5.78. The molecule has 118 valence electrons. The monoisotopic (exact) mass is 301 g/mol. The molecular formula is C15H21F2NO3. The lowest BCUT2D eigenvalue weighted by Crippen LogP contribution is -2.49. The van der Waals surface area contributed by atoms with Crippen LogP contribution in [0.1, 0.15) is 33.1 Å². The van der Waals surface area contributed by atoms with E-state index in [1.807, 2.05) is 6.92 Å². The van der Waals surface area contributed by atoms with E-state index in [1.165, 1.54) is 12.1 Å². The second-order valence-electron chi connectivity index (χ2n) is 5.07. The molecule has 1 atom stereocenters. The van der Waals surface area contributed by atoms with Crippen LogP contribution in [0.3, 0.4) is 0 Å². The zero-order valence-electron chi connectivity index (χ0n) is 12.3. The van der Waals surface area contributed by atoms with Gasteiger partial charge < -0.3 is 15.2 Å². The van der Waals surface area contributed by atoms with Crippen LogP contribution in [-0.4, -0.2) is 29.8 Å². The van der Waals surface area contributed by atoms with Gasteiger partial charge in [0.2, 0.25) is 5.82 Å². The number of nitrogens with one attached hydrogen (secondary N) is 1. The first kappa shape index (κ1) is 17.4. The van der Waals surface area contributed by atoms with Gasteiger partial charge >= 0.3 is 5.97 Å². The van der Waals surface area contributed by atoms with E-state index < -0.39 is 23.1 Å². The molecule has 1 aromatic rings. The Labute approximate surface area is 123 Å². The third-order valence-corrected chi connectivity index (χ3v) is 3.23. The number of rotatable bonds is 9. The molecule has 0 bridgehead atoms. The van der Waals surface area contributed by atoms with Crippen molar-refractivity contribution >= 4 is 5.97 Å². The number of halogens is 2. The molecule has 21 heavy (non-hydrogen) atoms. The van der Waals surface area contributed by atoms with Crippen LogP contribution in [0, 0.1) is 11.6 Å². The number of hydrogen-bond donors (Lipinski definition) is 2. The summed E-state index contributed by atoms with van der Waals surface area (Å²) in [5.41, 5.74) is -1.04. The van der Waals surface area contributed by atoms with Gasteiger partial charge in [-0.15, -0.1) is 0 Å². The smallest absolute Gasteiger partial charge is 0.323 e. The summed E-state index contributed by atoms with van der Waals surface area (Å²) in [5, 5.41) is 12.2. The van der Waals surface area contributed by atoms with Crippen molar-refractivity contribution in [2.45, 2.75) is 38.6 Å². The highest BCUT2D eigenvalue weighted by Crippen LogP contribution is 2.20. The molecule has 0 radical (unpaired) electrons. The van der Waals surface area contributed by atoms with Gasteiger partial charge in [0.15, 0.2) is 11.6 Å². The Kier molecular flexibility index (Phi) is 6.55. The van der Waals surface area contributed by atoms with Gasteiger partial charge in [-0.1, -0.05) is 13.0 Å². The molecule has 0 aromatic heterocycles. The second-order valence-corrected chi connectivity index (χ2v) is 5.07. The second kappa shape index (κ2) is 7.93. The van der Waals surface area contributed by atoms with Crippen molar-refractivity contribution in [2.24, 2.45) is 0 Å². The molecule has 4 nitrogen and oxygen atoms in total. The maximum Gasteiger partial charge on any atom is 0.323 e. The number of ether oxygens (including phenoxy) is 1. The average Bonchev–Trinajstić information content (AvgIpc) is 2.45. The SMILES string of the molecule is CCCNC(C)(CCCOc1cccc(F)c1F)C(=O)O. The van der Waals surface area contributed by atoms with E-state index in [9.17, 15) is 18.7 Å². The molecule has 1 rings (SSSR count). The van der Waals surface area contributed by atoms with E-state index in [2.05, 4.69) is 5.32 Å². The highest BCUT2D eigenvalue weighted by Gasteiger charge is 2.31. The molecule has 0 saturated carbocycles. The van der Waals surface area contributed by atoms with Crippen molar-refractivity contribution in [2.75, 3.05) is 13.2 Å². The van der Waals surface area contributed by atoms with Gasteiger partial charge in [0, 0.05) is 0 Å². The summed E-state index contributed by atoms with van der Waals surface area (Å²) in [4.78, 5) is 11.3. The minimum Gasteiger partial charge on any atom is -0.490 e.